The summed E-state index contributed by atoms with van der Waals surface area (Å²) in [5.41, 5.74) is 5.93. The number of hydrogen-bond donors (Lipinski definition) is 3. The van der Waals surface area contributed by atoms with Gasteiger partial charge in [-0.3, -0.25) is 10.6 Å². The average molecular weight is 739 g/mol. The van der Waals surface area contributed by atoms with Crippen molar-refractivity contribution in [3.8, 4) is 0 Å². The van der Waals surface area contributed by atoms with E-state index in [9.17, 15) is 5.11 Å². The lowest BCUT2D eigenvalue weighted by Gasteiger charge is -2.58. The predicted octanol–water partition coefficient (Wildman–Crippen LogP) is 10.5. The molecule has 0 amide bonds. The van der Waals surface area contributed by atoms with Crippen LogP contribution >= 0.6 is 0 Å². The number of nitrogens with one attached hydrogen (secondary N) is 2. The molecule has 0 aromatic heterocycles. The van der Waals surface area contributed by atoms with Crippen LogP contribution in [0.25, 0.3) is 33.2 Å². The Labute approximate surface area is 328 Å². The van der Waals surface area contributed by atoms with Crippen molar-refractivity contribution >= 4 is 33.2 Å². The third kappa shape index (κ3) is 5.17. The van der Waals surface area contributed by atoms with Gasteiger partial charge in [0.1, 0.15) is 11.5 Å². The summed E-state index contributed by atoms with van der Waals surface area (Å²) < 4.78 is 13.4. The molecule has 6 fully saturated rings. The first-order valence-electron chi connectivity index (χ1n) is 22.2. The maximum atomic E-state index is 10.3. The number of piperidine rings is 2. The molecule has 5 aliphatic carbocycles. The highest BCUT2D eigenvalue weighted by Gasteiger charge is 2.68. The second-order valence-electron chi connectivity index (χ2n) is 20.2. The van der Waals surface area contributed by atoms with Crippen LogP contribution in [0.5, 0.6) is 0 Å². The SMILES string of the molecule is C1=C2OC3(C=C2c2ccc4c(ccc5ccccc54)c21)CCCCN3.CC1CCC2(NC1)O[C@H]1C[C@H]3[C@@H]4CC=C5CC(O)CC[C@]5(C)[C@H]4CC[C@]3(C)[C@H]1[C@@H]2C. The van der Waals surface area contributed by atoms with Crippen molar-refractivity contribution in [2.75, 3.05) is 13.1 Å². The van der Waals surface area contributed by atoms with Crippen LogP contribution in [-0.4, -0.2) is 41.9 Å². The number of fused-ring (bicyclic) bond motifs is 14. The third-order valence-corrected chi connectivity index (χ3v) is 17.4. The molecule has 0 radical (unpaired) electrons. The van der Waals surface area contributed by atoms with E-state index in [1.807, 2.05) is 0 Å². The Morgan fingerprint density at radius 3 is 2.55 bits per heavy atom. The predicted molar refractivity (Wildman–Crippen MR) is 223 cm³/mol. The number of hydrogen-bond acceptors (Lipinski definition) is 5. The number of rotatable bonds is 0. The van der Waals surface area contributed by atoms with Gasteiger partial charge in [-0.25, -0.2) is 0 Å². The zero-order valence-corrected chi connectivity index (χ0v) is 33.6. The highest BCUT2D eigenvalue weighted by atomic mass is 16.5. The first-order chi connectivity index (χ1) is 26.6. The molecule has 12 rings (SSSR count). The third-order valence-electron chi connectivity index (χ3n) is 17.4. The average Bonchev–Trinajstić information content (AvgIpc) is 3.88. The monoisotopic (exact) mass is 738 g/mol. The van der Waals surface area contributed by atoms with E-state index in [1.165, 1.54) is 96.0 Å². The molecule has 3 N–H and O–H groups in total. The lowest BCUT2D eigenvalue weighted by Crippen LogP contribution is -2.57. The fourth-order valence-corrected chi connectivity index (χ4v) is 14.5. The highest BCUT2D eigenvalue weighted by Crippen LogP contribution is 2.70. The van der Waals surface area contributed by atoms with Gasteiger partial charge in [-0.05, 0) is 162 Å². The Morgan fingerprint density at radius 2 is 1.71 bits per heavy atom. The van der Waals surface area contributed by atoms with E-state index in [0.29, 0.717) is 22.9 Å². The van der Waals surface area contributed by atoms with Crippen molar-refractivity contribution in [1.82, 2.24) is 10.6 Å². The Bertz CT molecular complexity index is 2130. The molecule has 290 valence electrons. The molecule has 4 unspecified atom stereocenters. The summed E-state index contributed by atoms with van der Waals surface area (Å²) in [7, 11) is 0. The van der Waals surface area contributed by atoms with Crippen LogP contribution in [0.3, 0.4) is 0 Å². The summed E-state index contributed by atoms with van der Waals surface area (Å²) in [6.45, 7) is 12.2. The number of aliphatic hydroxyl groups excluding tert-OH is 1. The van der Waals surface area contributed by atoms with E-state index in [-0.39, 0.29) is 17.6 Å². The molecule has 4 heterocycles. The number of allylic oxidation sites excluding steroid dienone is 2. The molecule has 4 aliphatic heterocycles. The molecular weight excluding hydrogens is 677 g/mol. The molecule has 5 nitrogen and oxygen atoms in total. The van der Waals surface area contributed by atoms with Crippen LogP contribution in [0.1, 0.15) is 116 Å². The smallest absolute Gasteiger partial charge is 0.181 e. The summed E-state index contributed by atoms with van der Waals surface area (Å²) in [5, 5.41) is 23.0. The molecule has 0 bridgehead atoms. The Morgan fingerprint density at radius 1 is 0.836 bits per heavy atom. The summed E-state index contributed by atoms with van der Waals surface area (Å²) >= 11 is 0. The van der Waals surface area contributed by atoms with Gasteiger partial charge in [0.05, 0.1) is 12.2 Å². The Hall–Kier alpha value is -2.96. The van der Waals surface area contributed by atoms with E-state index in [1.54, 1.807) is 5.57 Å². The van der Waals surface area contributed by atoms with Crippen molar-refractivity contribution in [1.29, 1.82) is 0 Å². The van der Waals surface area contributed by atoms with Crippen LogP contribution in [0.4, 0.5) is 0 Å². The molecule has 3 aromatic rings. The van der Waals surface area contributed by atoms with Crippen LogP contribution in [0.15, 0.2) is 72.0 Å². The van der Waals surface area contributed by atoms with Gasteiger partial charge < -0.3 is 14.6 Å². The van der Waals surface area contributed by atoms with Crippen molar-refractivity contribution < 1.29 is 14.6 Å². The van der Waals surface area contributed by atoms with E-state index in [4.69, 9.17) is 9.47 Å². The quantitative estimate of drug-likeness (QED) is 0.158. The molecule has 2 spiro atoms. The van der Waals surface area contributed by atoms with Gasteiger partial charge >= 0.3 is 0 Å². The number of benzene rings is 3. The van der Waals surface area contributed by atoms with E-state index in [0.717, 1.165) is 67.7 Å². The van der Waals surface area contributed by atoms with E-state index < -0.39 is 0 Å². The van der Waals surface area contributed by atoms with Gasteiger partial charge in [0.15, 0.2) is 5.72 Å². The van der Waals surface area contributed by atoms with Gasteiger partial charge in [-0.2, -0.15) is 0 Å². The minimum absolute atomic E-state index is 0.0439. The summed E-state index contributed by atoms with van der Waals surface area (Å²) in [4.78, 5) is 0. The van der Waals surface area contributed by atoms with E-state index >= 15 is 0 Å². The molecule has 3 saturated carbocycles. The first kappa shape index (κ1) is 35.2. The maximum Gasteiger partial charge on any atom is 0.181 e. The number of ether oxygens (including phenoxy) is 2. The summed E-state index contributed by atoms with van der Waals surface area (Å²) in [6.07, 6.45) is 21.9. The van der Waals surface area contributed by atoms with Crippen molar-refractivity contribution in [2.45, 2.75) is 128 Å². The van der Waals surface area contributed by atoms with Gasteiger partial charge in [0.25, 0.3) is 0 Å². The highest BCUT2D eigenvalue weighted by molar-refractivity contribution is 6.13. The largest absolute Gasteiger partial charge is 0.469 e. The zero-order valence-electron chi connectivity index (χ0n) is 33.6. The number of aliphatic hydroxyl groups is 1. The zero-order chi connectivity index (χ0) is 37.3. The van der Waals surface area contributed by atoms with Gasteiger partial charge in [0, 0.05) is 24.5 Å². The van der Waals surface area contributed by atoms with Crippen LogP contribution in [0, 0.1) is 46.3 Å². The van der Waals surface area contributed by atoms with E-state index in [2.05, 4.69) is 105 Å². The summed E-state index contributed by atoms with van der Waals surface area (Å²) in [5.74, 6) is 5.61. The van der Waals surface area contributed by atoms with Crippen molar-refractivity contribution in [3.63, 3.8) is 0 Å². The van der Waals surface area contributed by atoms with Crippen LogP contribution < -0.4 is 10.6 Å². The summed E-state index contributed by atoms with van der Waals surface area (Å²) in [6, 6.07) is 17.6. The molecule has 55 heavy (non-hydrogen) atoms. The van der Waals surface area contributed by atoms with Gasteiger partial charge in [-0.1, -0.05) is 87.9 Å². The minimum atomic E-state index is -0.268. The topological polar surface area (TPSA) is 62.8 Å². The van der Waals surface area contributed by atoms with Gasteiger partial charge in [-0.15, -0.1) is 0 Å². The van der Waals surface area contributed by atoms with Crippen LogP contribution in [-0.2, 0) is 9.47 Å². The lowest BCUT2D eigenvalue weighted by molar-refractivity contribution is -0.115. The molecule has 9 aliphatic rings. The molecule has 12 atom stereocenters. The molecule has 3 saturated heterocycles. The first-order valence-corrected chi connectivity index (χ1v) is 22.2. The van der Waals surface area contributed by atoms with Gasteiger partial charge in [0.2, 0.25) is 0 Å². The maximum absolute atomic E-state index is 10.3. The molecule has 5 heteroatoms. The molecule has 3 aromatic carbocycles. The van der Waals surface area contributed by atoms with Crippen molar-refractivity contribution in [3.05, 3.63) is 83.1 Å². The van der Waals surface area contributed by atoms with Crippen molar-refractivity contribution in [2.24, 2.45) is 46.3 Å². The Kier molecular flexibility index (Phi) is 8.02. The normalized spacial score (nSPS) is 43.6. The molecular formula is C50H62N2O3. The standard InChI is InChI=1S/C27H43NO2.C23H19NO/c1-16-7-12-27(28-15-16)17(2)24-23(30-27)14-22-20-6-5-18-13-19(29)8-10-25(18,3)21(20)9-11-26(22,24)4;1-2-6-16-15(5-1)7-8-18-17(16)9-10-19-20(18)13-22-21(19)14-23(25-22)11-3-4-12-24-23/h5,16-17,19-24,28-29H,6-15H2,1-4H3;1-2,5-10,13-14,24H,3-4,11-12H2/t16?,17-,19?,20+,21-,22-,23-,24-,25-,26-,27?;/m0./s1. The fraction of sp³-hybridized carbons (Fsp3) is 0.600. The second kappa shape index (κ2) is 12.5. The van der Waals surface area contributed by atoms with Crippen LogP contribution in [0.2, 0.25) is 0 Å². The minimum Gasteiger partial charge on any atom is -0.469 e. The Balaban J connectivity index is 0.000000130. The fourth-order valence-electron chi connectivity index (χ4n) is 14.5. The lowest BCUT2D eigenvalue weighted by atomic mass is 9.47. The second-order valence-corrected chi connectivity index (χ2v) is 20.2.